The van der Waals surface area contributed by atoms with Crippen molar-refractivity contribution in [3.05, 3.63) is 33.3 Å². The van der Waals surface area contributed by atoms with Gasteiger partial charge in [0.15, 0.2) is 0 Å². The number of hydrogen-bond donors (Lipinski definition) is 1. The number of non-ortho nitro benzene ring substituents is 1. The highest BCUT2D eigenvalue weighted by Gasteiger charge is 2.17. The number of ether oxygens (including phenoxy) is 1. The van der Waals surface area contributed by atoms with Gasteiger partial charge in [-0.05, 0) is 26.8 Å². The van der Waals surface area contributed by atoms with Crippen molar-refractivity contribution >= 4 is 29.1 Å². The van der Waals surface area contributed by atoms with Crippen LogP contribution in [0.4, 0.5) is 16.2 Å². The van der Waals surface area contributed by atoms with E-state index in [1.54, 1.807) is 20.8 Å². The topological polar surface area (TPSA) is 81.5 Å². The Kier molecular flexibility index (Phi) is 4.13. The predicted octanol–water partition coefficient (Wildman–Crippen LogP) is 3.60. The van der Waals surface area contributed by atoms with Crippen LogP contribution in [0.1, 0.15) is 20.8 Å². The first kappa shape index (κ1) is 14.2. The molecule has 0 fully saturated rings. The zero-order chi connectivity index (χ0) is 13.9. The predicted molar refractivity (Wildman–Crippen MR) is 68.0 cm³/mol. The van der Waals surface area contributed by atoms with Crippen LogP contribution in [-0.4, -0.2) is 16.6 Å². The quantitative estimate of drug-likeness (QED) is 0.659. The largest absolute Gasteiger partial charge is 0.444 e. The number of halogens is 1. The van der Waals surface area contributed by atoms with E-state index in [0.29, 0.717) is 0 Å². The van der Waals surface area contributed by atoms with Gasteiger partial charge in [0.25, 0.3) is 5.69 Å². The van der Waals surface area contributed by atoms with E-state index in [1.165, 1.54) is 18.2 Å². The number of hydrogen-bond acceptors (Lipinski definition) is 4. The first-order valence-electron chi connectivity index (χ1n) is 5.12. The molecule has 0 heterocycles. The minimum atomic E-state index is -0.695. The molecule has 0 unspecified atom stereocenters. The average Bonchev–Trinajstić information content (AvgIpc) is 2.12. The first-order chi connectivity index (χ1) is 8.17. The summed E-state index contributed by atoms with van der Waals surface area (Å²) in [6.07, 6.45) is -0.695. The third-order valence-electron chi connectivity index (χ3n) is 1.74. The van der Waals surface area contributed by atoms with Gasteiger partial charge in [0.05, 0.1) is 10.6 Å². The van der Waals surface area contributed by atoms with Crippen molar-refractivity contribution in [2.75, 3.05) is 5.32 Å². The summed E-state index contributed by atoms with van der Waals surface area (Å²) in [6, 6.07) is 3.80. The summed E-state index contributed by atoms with van der Waals surface area (Å²) in [5.74, 6) is 0. The van der Waals surface area contributed by atoms with Crippen LogP contribution >= 0.6 is 11.6 Å². The van der Waals surface area contributed by atoms with Gasteiger partial charge < -0.3 is 4.74 Å². The molecule has 98 valence electrons. The molecule has 1 N–H and O–H groups in total. The van der Waals surface area contributed by atoms with Crippen molar-refractivity contribution in [3.8, 4) is 0 Å². The van der Waals surface area contributed by atoms with Crippen LogP contribution in [0.2, 0.25) is 5.02 Å². The molecule has 0 aliphatic carbocycles. The SMILES string of the molecule is CC(C)(C)OC(=O)Nc1cc(Cl)cc([N+](=O)[O-])c1. The van der Waals surface area contributed by atoms with Gasteiger partial charge in [-0.1, -0.05) is 11.6 Å². The Bertz CT molecular complexity index is 482. The maximum absolute atomic E-state index is 11.5. The third kappa shape index (κ3) is 4.58. The van der Waals surface area contributed by atoms with Crippen LogP contribution in [0.5, 0.6) is 0 Å². The lowest BCUT2D eigenvalue weighted by Gasteiger charge is -2.19. The average molecular weight is 273 g/mol. The highest BCUT2D eigenvalue weighted by atomic mass is 35.5. The molecule has 0 bridgehead atoms. The molecule has 0 aromatic heterocycles. The lowest BCUT2D eigenvalue weighted by atomic mass is 10.2. The molecule has 1 rings (SSSR count). The van der Waals surface area contributed by atoms with E-state index < -0.39 is 16.6 Å². The number of nitrogens with one attached hydrogen (secondary N) is 1. The van der Waals surface area contributed by atoms with Gasteiger partial charge in [-0.3, -0.25) is 15.4 Å². The highest BCUT2D eigenvalue weighted by Crippen LogP contribution is 2.24. The second kappa shape index (κ2) is 5.22. The number of amides is 1. The number of rotatable bonds is 2. The minimum absolute atomic E-state index is 0.162. The number of benzene rings is 1. The smallest absolute Gasteiger partial charge is 0.412 e. The lowest BCUT2D eigenvalue weighted by Crippen LogP contribution is -2.27. The zero-order valence-corrected chi connectivity index (χ0v) is 10.9. The van der Waals surface area contributed by atoms with Crippen molar-refractivity contribution in [1.29, 1.82) is 0 Å². The molecule has 0 aliphatic rings. The second-order valence-electron chi connectivity index (χ2n) is 4.58. The molecule has 0 saturated heterocycles. The molecule has 0 spiro atoms. The molecule has 0 aliphatic heterocycles. The molecule has 6 nitrogen and oxygen atoms in total. The molecule has 1 aromatic carbocycles. The maximum Gasteiger partial charge on any atom is 0.412 e. The van der Waals surface area contributed by atoms with Gasteiger partial charge in [0.2, 0.25) is 0 Å². The van der Waals surface area contributed by atoms with E-state index in [2.05, 4.69) is 5.32 Å². The second-order valence-corrected chi connectivity index (χ2v) is 5.02. The summed E-state index contributed by atoms with van der Waals surface area (Å²) < 4.78 is 5.02. The van der Waals surface area contributed by atoms with E-state index in [-0.39, 0.29) is 16.4 Å². The Hall–Kier alpha value is -1.82. The molecule has 0 atom stereocenters. The number of carbonyl (C=O) groups excluding carboxylic acids is 1. The van der Waals surface area contributed by atoms with Gasteiger partial charge in [-0.25, -0.2) is 4.79 Å². The Morgan fingerprint density at radius 3 is 2.50 bits per heavy atom. The van der Waals surface area contributed by atoms with Crippen molar-refractivity contribution in [3.63, 3.8) is 0 Å². The Labute approximate surface area is 109 Å². The molecule has 0 saturated carbocycles. The molecular weight excluding hydrogens is 260 g/mol. The van der Waals surface area contributed by atoms with E-state index in [1.807, 2.05) is 0 Å². The van der Waals surface area contributed by atoms with Gasteiger partial charge in [-0.2, -0.15) is 0 Å². The Balaban J connectivity index is 2.85. The van der Waals surface area contributed by atoms with Crippen LogP contribution in [0, 0.1) is 10.1 Å². The van der Waals surface area contributed by atoms with Crippen LogP contribution in [0.25, 0.3) is 0 Å². The molecule has 18 heavy (non-hydrogen) atoms. The Morgan fingerprint density at radius 2 is 2.00 bits per heavy atom. The Morgan fingerprint density at radius 1 is 1.39 bits per heavy atom. The van der Waals surface area contributed by atoms with Crippen molar-refractivity contribution < 1.29 is 14.5 Å². The van der Waals surface area contributed by atoms with E-state index in [9.17, 15) is 14.9 Å². The van der Waals surface area contributed by atoms with Gasteiger partial charge in [0, 0.05) is 17.2 Å². The normalized spacial score (nSPS) is 10.9. The fourth-order valence-electron chi connectivity index (χ4n) is 1.17. The molecule has 7 heteroatoms. The van der Waals surface area contributed by atoms with Crippen LogP contribution in [0.15, 0.2) is 18.2 Å². The number of nitro benzene ring substituents is 1. The molecule has 0 radical (unpaired) electrons. The number of nitro groups is 1. The third-order valence-corrected chi connectivity index (χ3v) is 1.96. The first-order valence-corrected chi connectivity index (χ1v) is 5.50. The van der Waals surface area contributed by atoms with Crippen molar-refractivity contribution in [1.82, 2.24) is 0 Å². The summed E-state index contributed by atoms with van der Waals surface area (Å²) in [5.41, 5.74) is -0.633. The van der Waals surface area contributed by atoms with Crippen LogP contribution in [-0.2, 0) is 4.74 Å². The number of anilines is 1. The van der Waals surface area contributed by atoms with Gasteiger partial charge in [-0.15, -0.1) is 0 Å². The van der Waals surface area contributed by atoms with Crippen molar-refractivity contribution in [2.24, 2.45) is 0 Å². The van der Waals surface area contributed by atoms with Crippen LogP contribution in [0.3, 0.4) is 0 Å². The van der Waals surface area contributed by atoms with Crippen LogP contribution < -0.4 is 5.32 Å². The van der Waals surface area contributed by atoms with Gasteiger partial charge >= 0.3 is 6.09 Å². The number of carbonyl (C=O) groups is 1. The summed E-state index contributed by atoms with van der Waals surface area (Å²) >= 11 is 5.71. The standard InChI is InChI=1S/C11H13ClN2O4/c1-11(2,3)18-10(15)13-8-4-7(12)5-9(6-8)14(16)17/h4-6H,1-3H3,(H,13,15). The molecular formula is C11H13ClN2O4. The summed E-state index contributed by atoms with van der Waals surface area (Å²) in [6.45, 7) is 5.15. The lowest BCUT2D eigenvalue weighted by molar-refractivity contribution is -0.384. The summed E-state index contributed by atoms with van der Waals surface area (Å²) in [5, 5.41) is 13.2. The van der Waals surface area contributed by atoms with Crippen molar-refractivity contribution in [2.45, 2.75) is 26.4 Å². The summed E-state index contributed by atoms with van der Waals surface area (Å²) in [4.78, 5) is 21.5. The molecule has 1 amide bonds. The molecule has 1 aromatic rings. The van der Waals surface area contributed by atoms with Gasteiger partial charge in [0.1, 0.15) is 5.60 Å². The summed E-state index contributed by atoms with van der Waals surface area (Å²) in [7, 11) is 0. The highest BCUT2D eigenvalue weighted by molar-refractivity contribution is 6.31. The number of nitrogens with zero attached hydrogens (tertiary/aromatic N) is 1. The van der Waals surface area contributed by atoms with E-state index >= 15 is 0 Å². The monoisotopic (exact) mass is 272 g/mol. The minimum Gasteiger partial charge on any atom is -0.444 e. The fraction of sp³-hybridized carbons (Fsp3) is 0.364. The maximum atomic E-state index is 11.5. The van der Waals surface area contributed by atoms with E-state index in [0.717, 1.165) is 0 Å². The fourth-order valence-corrected chi connectivity index (χ4v) is 1.40. The zero-order valence-electron chi connectivity index (χ0n) is 10.2. The van der Waals surface area contributed by atoms with E-state index in [4.69, 9.17) is 16.3 Å².